The summed E-state index contributed by atoms with van der Waals surface area (Å²) in [6.45, 7) is 2.63. The minimum absolute atomic E-state index is 0.160. The van der Waals surface area contributed by atoms with Gasteiger partial charge in [0.15, 0.2) is 0 Å². The number of rotatable bonds is 3. The normalized spacial score (nSPS) is 18.8. The molecule has 4 aromatic rings. The van der Waals surface area contributed by atoms with Crippen LogP contribution in [0.1, 0.15) is 31.4 Å². The number of nitrogens with one attached hydrogen (secondary N) is 3. The maximum atomic E-state index is 13.3. The second kappa shape index (κ2) is 8.19. The lowest BCUT2D eigenvalue weighted by molar-refractivity contribution is -0.146. The highest BCUT2D eigenvalue weighted by molar-refractivity contribution is 7.16. The van der Waals surface area contributed by atoms with Crippen molar-refractivity contribution >= 4 is 55.8 Å². The van der Waals surface area contributed by atoms with E-state index in [9.17, 15) is 9.59 Å². The molecule has 10 heteroatoms. The molecule has 0 bridgehead atoms. The summed E-state index contributed by atoms with van der Waals surface area (Å²) in [6, 6.07) is 5.94. The zero-order chi connectivity index (χ0) is 22.2. The summed E-state index contributed by atoms with van der Waals surface area (Å²) < 4.78 is 1.11. The molecule has 32 heavy (non-hydrogen) atoms. The van der Waals surface area contributed by atoms with Gasteiger partial charge in [-0.25, -0.2) is 9.97 Å². The smallest absolute Gasteiger partial charge is 0.314 e. The molecule has 9 nitrogen and oxygen atoms in total. The molecule has 164 valence electrons. The average Bonchev–Trinajstić information content (AvgIpc) is 3.48. The fourth-order valence-corrected chi connectivity index (χ4v) is 5.00. The number of anilines is 2. The van der Waals surface area contributed by atoms with Crippen LogP contribution in [0.5, 0.6) is 0 Å². The minimum atomic E-state index is -0.686. The Morgan fingerprint density at radius 1 is 1.22 bits per heavy atom. The fourth-order valence-electron chi connectivity index (χ4n) is 4.34. The summed E-state index contributed by atoms with van der Waals surface area (Å²) in [5.41, 5.74) is 4.77. The van der Waals surface area contributed by atoms with E-state index in [4.69, 9.17) is 0 Å². The molecule has 4 heterocycles. The van der Waals surface area contributed by atoms with E-state index >= 15 is 0 Å². The summed E-state index contributed by atoms with van der Waals surface area (Å²) in [5.74, 6) is -0.277. The van der Waals surface area contributed by atoms with Gasteiger partial charge in [-0.05, 0) is 36.5 Å². The highest BCUT2D eigenvalue weighted by Crippen LogP contribution is 2.35. The molecule has 0 unspecified atom stereocenters. The SMILES string of the molecule is CNc1ncc(NC(=O)C(=O)N2C[C@@H](C)CC[C@@H]2c2ccc3scnc3c2)c2[nH]ncc12. The molecule has 0 saturated carbocycles. The molecular weight excluding hydrogens is 426 g/mol. The van der Waals surface area contributed by atoms with Crippen LogP contribution in [0, 0.1) is 5.92 Å². The molecule has 1 fully saturated rings. The number of carbonyl (C=O) groups is 2. The predicted molar refractivity (Wildman–Crippen MR) is 125 cm³/mol. The summed E-state index contributed by atoms with van der Waals surface area (Å²) in [4.78, 5) is 36.7. The van der Waals surface area contributed by atoms with Crippen LogP contribution >= 0.6 is 11.3 Å². The molecule has 3 aromatic heterocycles. The summed E-state index contributed by atoms with van der Waals surface area (Å²) in [6.07, 6.45) is 4.95. The van der Waals surface area contributed by atoms with Crippen LogP contribution in [0.25, 0.3) is 21.1 Å². The number of aromatic nitrogens is 4. The van der Waals surface area contributed by atoms with Crippen LogP contribution in [-0.2, 0) is 9.59 Å². The van der Waals surface area contributed by atoms with Gasteiger partial charge < -0.3 is 15.5 Å². The van der Waals surface area contributed by atoms with Crippen molar-refractivity contribution < 1.29 is 9.59 Å². The van der Waals surface area contributed by atoms with E-state index < -0.39 is 11.8 Å². The molecule has 1 aliphatic heterocycles. The molecule has 0 spiro atoms. The maximum absolute atomic E-state index is 13.3. The van der Waals surface area contributed by atoms with Crippen molar-refractivity contribution in [2.75, 3.05) is 24.2 Å². The number of carbonyl (C=O) groups excluding carboxylic acids is 2. The van der Waals surface area contributed by atoms with Gasteiger partial charge in [0.2, 0.25) is 0 Å². The van der Waals surface area contributed by atoms with E-state index in [-0.39, 0.29) is 6.04 Å². The third kappa shape index (κ3) is 3.56. The van der Waals surface area contributed by atoms with Crippen LogP contribution in [0.2, 0.25) is 0 Å². The van der Waals surface area contributed by atoms with Gasteiger partial charge in [-0.1, -0.05) is 13.0 Å². The van der Waals surface area contributed by atoms with Gasteiger partial charge >= 0.3 is 11.8 Å². The van der Waals surface area contributed by atoms with Crippen LogP contribution in [0.4, 0.5) is 11.5 Å². The Morgan fingerprint density at radius 3 is 2.94 bits per heavy atom. The molecule has 0 radical (unpaired) electrons. The second-order valence-corrected chi connectivity index (χ2v) is 9.00. The first-order valence-electron chi connectivity index (χ1n) is 10.5. The monoisotopic (exact) mass is 449 g/mol. The maximum Gasteiger partial charge on any atom is 0.314 e. The largest absolute Gasteiger partial charge is 0.373 e. The summed E-state index contributed by atoms with van der Waals surface area (Å²) >= 11 is 1.59. The Hall–Kier alpha value is -3.53. The predicted octanol–water partition coefficient (Wildman–Crippen LogP) is 3.55. The zero-order valence-electron chi connectivity index (χ0n) is 17.8. The molecule has 0 aliphatic carbocycles. The van der Waals surface area contributed by atoms with Crippen LogP contribution in [-0.4, -0.2) is 50.5 Å². The summed E-state index contributed by atoms with van der Waals surface area (Å²) in [5, 5.41) is 13.4. The number of piperidine rings is 1. The van der Waals surface area contributed by atoms with E-state index in [1.807, 2.05) is 23.7 Å². The molecule has 2 amide bonds. The van der Waals surface area contributed by atoms with Gasteiger partial charge in [-0.15, -0.1) is 11.3 Å². The highest BCUT2D eigenvalue weighted by Gasteiger charge is 2.34. The van der Waals surface area contributed by atoms with Crippen molar-refractivity contribution in [1.82, 2.24) is 25.1 Å². The Kier molecular flexibility index (Phi) is 5.22. The van der Waals surface area contributed by atoms with Crippen LogP contribution in [0.3, 0.4) is 0 Å². The standard InChI is InChI=1S/C22H23N7O2S/c1-12-3-5-17(13-4-6-18-15(7-13)25-11-32-18)29(10-12)22(31)21(30)27-16-9-24-20(23-2)14-8-26-28-19(14)16/h4,6-9,11-12,17H,3,5,10H2,1-2H3,(H,23,24)(H,26,28)(H,27,30)/t12-,17+/m0/s1. The van der Waals surface area contributed by atoms with E-state index in [0.717, 1.165) is 34.0 Å². The third-order valence-corrected chi connectivity index (χ3v) is 6.79. The number of likely N-dealkylation sites (tertiary alicyclic amines) is 1. The van der Waals surface area contributed by atoms with Crippen molar-refractivity contribution in [1.29, 1.82) is 0 Å². The lowest BCUT2D eigenvalue weighted by atomic mass is 9.89. The lowest BCUT2D eigenvalue weighted by Crippen LogP contribution is -2.46. The van der Waals surface area contributed by atoms with Gasteiger partial charge in [0.25, 0.3) is 0 Å². The Labute approximate surface area is 188 Å². The number of nitrogens with zero attached hydrogens (tertiary/aromatic N) is 4. The molecule has 1 aromatic carbocycles. The minimum Gasteiger partial charge on any atom is -0.373 e. The van der Waals surface area contributed by atoms with Crippen molar-refractivity contribution in [2.24, 2.45) is 5.92 Å². The van der Waals surface area contributed by atoms with E-state index in [1.165, 1.54) is 6.20 Å². The first-order valence-corrected chi connectivity index (χ1v) is 11.4. The molecular formula is C22H23N7O2S. The van der Waals surface area contributed by atoms with Crippen molar-refractivity contribution in [3.05, 3.63) is 41.7 Å². The Bertz CT molecular complexity index is 1310. The van der Waals surface area contributed by atoms with Gasteiger partial charge in [-0.3, -0.25) is 14.7 Å². The first-order chi connectivity index (χ1) is 15.5. The first kappa shape index (κ1) is 20.4. The van der Waals surface area contributed by atoms with E-state index in [1.54, 1.807) is 29.5 Å². The van der Waals surface area contributed by atoms with Gasteiger partial charge in [0.05, 0.1) is 50.8 Å². The Morgan fingerprint density at radius 2 is 2.09 bits per heavy atom. The van der Waals surface area contributed by atoms with Crippen LogP contribution < -0.4 is 10.6 Å². The number of H-pyrrole nitrogens is 1. The van der Waals surface area contributed by atoms with Gasteiger partial charge in [0, 0.05) is 13.6 Å². The fraction of sp³-hybridized carbons (Fsp3) is 0.318. The number of pyridine rings is 1. The van der Waals surface area contributed by atoms with Crippen LogP contribution in [0.15, 0.2) is 36.1 Å². The average molecular weight is 450 g/mol. The number of benzene rings is 1. The number of thiazole rings is 1. The van der Waals surface area contributed by atoms with Crippen molar-refractivity contribution in [3.63, 3.8) is 0 Å². The number of amides is 2. The Balaban J connectivity index is 1.42. The number of hydrogen-bond acceptors (Lipinski definition) is 7. The molecule has 1 saturated heterocycles. The highest BCUT2D eigenvalue weighted by atomic mass is 32.1. The lowest BCUT2D eigenvalue weighted by Gasteiger charge is -2.38. The van der Waals surface area contributed by atoms with Gasteiger partial charge in [-0.2, -0.15) is 5.10 Å². The second-order valence-electron chi connectivity index (χ2n) is 8.12. The number of hydrogen-bond donors (Lipinski definition) is 3. The van der Waals surface area contributed by atoms with E-state index in [0.29, 0.717) is 29.5 Å². The van der Waals surface area contributed by atoms with Crippen molar-refractivity contribution in [3.8, 4) is 0 Å². The quantitative estimate of drug-likeness (QED) is 0.412. The summed E-state index contributed by atoms with van der Waals surface area (Å²) in [7, 11) is 1.76. The van der Waals surface area contributed by atoms with Crippen molar-refractivity contribution in [2.45, 2.75) is 25.8 Å². The molecule has 5 rings (SSSR count). The van der Waals surface area contributed by atoms with E-state index in [2.05, 4.69) is 37.7 Å². The molecule has 2 atom stereocenters. The zero-order valence-corrected chi connectivity index (χ0v) is 18.6. The number of fused-ring (bicyclic) bond motifs is 2. The number of aromatic amines is 1. The van der Waals surface area contributed by atoms with Gasteiger partial charge in [0.1, 0.15) is 5.82 Å². The third-order valence-electron chi connectivity index (χ3n) is 5.98. The molecule has 1 aliphatic rings. The topological polar surface area (TPSA) is 116 Å². The molecule has 3 N–H and O–H groups in total.